The average Bonchev–Trinajstić information content (AvgIpc) is 2.96. The highest BCUT2D eigenvalue weighted by Crippen LogP contribution is 2.24. The molecule has 0 fully saturated rings. The molecule has 0 aliphatic carbocycles. The van der Waals surface area contributed by atoms with Crippen LogP contribution in [0.15, 0.2) is 35.8 Å². The number of thiophene rings is 2. The molecule has 3 rings (SSSR count). The van der Waals surface area contributed by atoms with E-state index < -0.39 is 0 Å². The van der Waals surface area contributed by atoms with Gasteiger partial charge in [0.05, 0.1) is 14.6 Å². The molecule has 3 aromatic rings. The molecule has 0 saturated heterocycles. The number of hydrogen-bond acceptors (Lipinski definition) is 4. The Hall–Kier alpha value is -1.23. The Labute approximate surface area is 117 Å². The van der Waals surface area contributed by atoms with Crippen LogP contribution in [0.3, 0.4) is 0 Å². The van der Waals surface area contributed by atoms with E-state index in [1.807, 2.05) is 29.6 Å². The van der Waals surface area contributed by atoms with Gasteiger partial charge in [-0.15, -0.1) is 22.7 Å². The zero-order chi connectivity index (χ0) is 12.5. The van der Waals surface area contributed by atoms with Gasteiger partial charge in [0.2, 0.25) is 0 Å². The molecule has 0 unspecified atom stereocenters. The van der Waals surface area contributed by atoms with Gasteiger partial charge < -0.3 is 0 Å². The number of hydrogen-bond donors (Lipinski definition) is 0. The van der Waals surface area contributed by atoms with E-state index in [-0.39, 0.29) is 5.78 Å². The summed E-state index contributed by atoms with van der Waals surface area (Å²) < 4.78 is 1.76. The van der Waals surface area contributed by atoms with Crippen molar-refractivity contribution in [2.45, 2.75) is 6.42 Å². The van der Waals surface area contributed by atoms with Crippen LogP contribution in [-0.4, -0.2) is 10.8 Å². The van der Waals surface area contributed by atoms with Gasteiger partial charge in [-0.05, 0) is 29.6 Å². The summed E-state index contributed by atoms with van der Waals surface area (Å²) in [6, 6.07) is 7.56. The molecule has 18 heavy (non-hydrogen) atoms. The lowest BCUT2D eigenvalue weighted by molar-refractivity contribution is 0.0993. The molecule has 0 bridgehead atoms. The zero-order valence-electron chi connectivity index (χ0n) is 9.22. The summed E-state index contributed by atoms with van der Waals surface area (Å²) in [6.45, 7) is 0. The molecule has 3 heterocycles. The van der Waals surface area contributed by atoms with Crippen LogP contribution in [0.5, 0.6) is 0 Å². The van der Waals surface area contributed by atoms with E-state index in [4.69, 9.17) is 11.6 Å². The molecule has 2 nitrogen and oxygen atoms in total. The quantitative estimate of drug-likeness (QED) is 0.668. The molecule has 0 atom stereocenters. The van der Waals surface area contributed by atoms with E-state index in [9.17, 15) is 4.79 Å². The number of carbonyl (C=O) groups excluding carboxylic acids is 1. The van der Waals surface area contributed by atoms with Crippen LogP contribution in [0.4, 0.5) is 0 Å². The second kappa shape index (κ2) is 4.80. The van der Waals surface area contributed by atoms with Gasteiger partial charge >= 0.3 is 0 Å². The topological polar surface area (TPSA) is 30.0 Å². The molecule has 0 N–H and O–H groups in total. The van der Waals surface area contributed by atoms with Crippen LogP contribution < -0.4 is 0 Å². The molecule has 3 aromatic heterocycles. The molecule has 0 amide bonds. The van der Waals surface area contributed by atoms with Crippen LogP contribution in [0.25, 0.3) is 10.2 Å². The van der Waals surface area contributed by atoms with Crippen molar-refractivity contribution < 1.29 is 4.79 Å². The first-order chi connectivity index (χ1) is 8.72. The van der Waals surface area contributed by atoms with Crippen molar-refractivity contribution in [2.75, 3.05) is 0 Å². The Kier molecular flexibility index (Phi) is 3.16. The number of Topliss-reactive ketones (excluding diaryl/α,β-unsaturated/α-hetero) is 1. The number of fused-ring (bicyclic) bond motifs is 1. The fourth-order valence-electron chi connectivity index (χ4n) is 1.71. The van der Waals surface area contributed by atoms with Gasteiger partial charge in [-0.2, -0.15) is 0 Å². The van der Waals surface area contributed by atoms with E-state index in [1.165, 1.54) is 11.3 Å². The van der Waals surface area contributed by atoms with Crippen LogP contribution in [-0.2, 0) is 6.42 Å². The fraction of sp³-hybridized carbons (Fsp3) is 0.0769. The van der Waals surface area contributed by atoms with Crippen molar-refractivity contribution in [3.63, 3.8) is 0 Å². The Balaban J connectivity index is 1.87. The van der Waals surface area contributed by atoms with E-state index in [0.717, 1.165) is 15.1 Å². The lowest BCUT2D eigenvalue weighted by Gasteiger charge is -1.99. The minimum absolute atomic E-state index is 0.0799. The van der Waals surface area contributed by atoms with Crippen LogP contribution >= 0.6 is 34.3 Å². The van der Waals surface area contributed by atoms with Crippen molar-refractivity contribution in [3.8, 4) is 0 Å². The third-order valence-electron chi connectivity index (χ3n) is 2.59. The smallest absolute Gasteiger partial charge is 0.169 e. The summed E-state index contributed by atoms with van der Waals surface area (Å²) in [7, 11) is 0. The maximum absolute atomic E-state index is 12.1. The number of pyridine rings is 1. The SMILES string of the molecule is O=C(Cc1ccc(Cl)s1)c1cnc2ccsc2c1. The Morgan fingerprint density at radius 2 is 2.22 bits per heavy atom. The first kappa shape index (κ1) is 11.8. The van der Waals surface area contributed by atoms with E-state index in [2.05, 4.69) is 4.98 Å². The minimum Gasteiger partial charge on any atom is -0.294 e. The number of aromatic nitrogens is 1. The summed E-state index contributed by atoms with van der Waals surface area (Å²) in [5.41, 5.74) is 1.60. The molecule has 0 saturated carbocycles. The third kappa shape index (κ3) is 2.32. The van der Waals surface area contributed by atoms with E-state index >= 15 is 0 Å². The van der Waals surface area contributed by atoms with Gasteiger partial charge in [0.25, 0.3) is 0 Å². The molecule has 0 spiro atoms. The standard InChI is InChI=1S/C13H8ClNOS2/c14-13-2-1-9(18-13)6-11(16)8-5-12-10(15-7-8)3-4-17-12/h1-5,7H,6H2. The largest absolute Gasteiger partial charge is 0.294 e. The number of rotatable bonds is 3. The predicted octanol–water partition coefficient (Wildman–Crippen LogP) is 4.44. The van der Waals surface area contributed by atoms with Crippen molar-refractivity contribution in [1.29, 1.82) is 0 Å². The second-order valence-corrected chi connectivity index (χ2v) is 6.58. The predicted molar refractivity (Wildman–Crippen MR) is 77.0 cm³/mol. The maximum Gasteiger partial charge on any atom is 0.169 e. The molecule has 5 heteroatoms. The molecule has 0 aliphatic rings. The number of nitrogens with zero attached hydrogens (tertiary/aromatic N) is 1. The highest BCUT2D eigenvalue weighted by molar-refractivity contribution is 7.17. The minimum atomic E-state index is 0.0799. The number of halogens is 1. The van der Waals surface area contributed by atoms with Crippen molar-refractivity contribution in [3.05, 3.63) is 50.6 Å². The van der Waals surface area contributed by atoms with Crippen LogP contribution in [0.2, 0.25) is 4.34 Å². The Bertz CT molecular complexity index is 716. The van der Waals surface area contributed by atoms with Crippen molar-refractivity contribution >= 4 is 50.3 Å². The van der Waals surface area contributed by atoms with Gasteiger partial charge in [0.1, 0.15) is 0 Å². The third-order valence-corrected chi connectivity index (χ3v) is 4.67. The fourth-order valence-corrected chi connectivity index (χ4v) is 3.57. The average molecular weight is 294 g/mol. The Morgan fingerprint density at radius 1 is 1.33 bits per heavy atom. The van der Waals surface area contributed by atoms with Gasteiger partial charge in [0.15, 0.2) is 5.78 Å². The van der Waals surface area contributed by atoms with E-state index in [0.29, 0.717) is 16.3 Å². The monoisotopic (exact) mass is 293 g/mol. The first-order valence-electron chi connectivity index (χ1n) is 5.33. The summed E-state index contributed by atoms with van der Waals surface area (Å²) >= 11 is 8.89. The van der Waals surface area contributed by atoms with Crippen LogP contribution in [0.1, 0.15) is 15.2 Å². The van der Waals surface area contributed by atoms with Crippen molar-refractivity contribution in [2.24, 2.45) is 0 Å². The first-order valence-corrected chi connectivity index (χ1v) is 7.40. The number of ketones is 1. The summed E-state index contributed by atoms with van der Waals surface area (Å²) in [5, 5.41) is 1.98. The van der Waals surface area contributed by atoms with Gasteiger partial charge in [0, 0.05) is 23.1 Å². The molecular formula is C13H8ClNOS2. The lowest BCUT2D eigenvalue weighted by atomic mass is 10.1. The Morgan fingerprint density at radius 3 is 3.00 bits per heavy atom. The molecule has 0 aliphatic heterocycles. The zero-order valence-corrected chi connectivity index (χ0v) is 11.6. The molecular weight excluding hydrogens is 286 g/mol. The molecule has 0 aromatic carbocycles. The highest BCUT2D eigenvalue weighted by Gasteiger charge is 2.10. The molecule has 0 radical (unpaired) electrons. The van der Waals surface area contributed by atoms with Gasteiger partial charge in [-0.25, -0.2) is 0 Å². The van der Waals surface area contributed by atoms with Gasteiger partial charge in [-0.3, -0.25) is 9.78 Å². The maximum atomic E-state index is 12.1. The summed E-state index contributed by atoms with van der Waals surface area (Å²) in [4.78, 5) is 17.4. The van der Waals surface area contributed by atoms with Gasteiger partial charge in [-0.1, -0.05) is 11.6 Å². The lowest BCUT2D eigenvalue weighted by Crippen LogP contribution is -2.02. The highest BCUT2D eigenvalue weighted by atomic mass is 35.5. The summed E-state index contributed by atoms with van der Waals surface area (Å²) in [6.07, 6.45) is 2.03. The van der Waals surface area contributed by atoms with Crippen molar-refractivity contribution in [1.82, 2.24) is 4.98 Å². The summed E-state index contributed by atoms with van der Waals surface area (Å²) in [5.74, 6) is 0.0799. The second-order valence-electron chi connectivity index (χ2n) is 3.83. The van der Waals surface area contributed by atoms with Crippen LogP contribution in [0, 0.1) is 0 Å². The normalized spacial score (nSPS) is 10.9. The number of carbonyl (C=O) groups is 1. The molecule has 90 valence electrons. The van der Waals surface area contributed by atoms with E-state index in [1.54, 1.807) is 17.5 Å².